The van der Waals surface area contributed by atoms with Gasteiger partial charge < -0.3 is 15.7 Å². The molecule has 3 N–H and O–H groups in total. The molecule has 0 radical (unpaired) electrons. The van der Waals surface area contributed by atoms with Gasteiger partial charge in [-0.1, -0.05) is 12.1 Å². The zero-order valence-electron chi connectivity index (χ0n) is 13.5. The van der Waals surface area contributed by atoms with Crippen LogP contribution in [0.3, 0.4) is 0 Å². The largest absolute Gasteiger partial charge is 0.478 e. The van der Waals surface area contributed by atoms with Crippen LogP contribution in [0.25, 0.3) is 11.1 Å². The molecule has 1 aliphatic rings. The van der Waals surface area contributed by atoms with Crippen molar-refractivity contribution < 1.29 is 19.5 Å². The van der Waals surface area contributed by atoms with Crippen molar-refractivity contribution >= 4 is 29.2 Å². The molecule has 6 heteroatoms. The van der Waals surface area contributed by atoms with E-state index in [1.54, 1.807) is 6.07 Å². The average Bonchev–Trinajstić information content (AvgIpc) is 2.89. The van der Waals surface area contributed by atoms with E-state index in [-0.39, 0.29) is 5.91 Å². The van der Waals surface area contributed by atoms with Crippen molar-refractivity contribution in [2.45, 2.75) is 13.3 Å². The maximum atomic E-state index is 11.7. The summed E-state index contributed by atoms with van der Waals surface area (Å²) in [4.78, 5) is 33.3. The standard InChI is InChI=1S/C19H16N2O4/c1-11(22)20-14-2-4-16-12(9-14)8-13-10-15(3-5-17(13)16)21-18(23)6-7-19(24)25/h2-7,9-10H,8H2,1H3,(H,20,22)(H,21,23)(H,24,25)/b7-6+. The number of benzene rings is 2. The molecule has 126 valence electrons. The third-order valence-electron chi connectivity index (χ3n) is 3.85. The molecule has 2 aromatic rings. The highest BCUT2D eigenvalue weighted by atomic mass is 16.4. The van der Waals surface area contributed by atoms with E-state index < -0.39 is 11.9 Å². The summed E-state index contributed by atoms with van der Waals surface area (Å²) >= 11 is 0. The average molecular weight is 336 g/mol. The number of anilines is 2. The maximum absolute atomic E-state index is 11.7. The Kier molecular flexibility index (Phi) is 4.35. The fourth-order valence-corrected chi connectivity index (χ4v) is 2.90. The summed E-state index contributed by atoms with van der Waals surface area (Å²) in [5.74, 6) is -1.78. The monoisotopic (exact) mass is 336 g/mol. The maximum Gasteiger partial charge on any atom is 0.328 e. The number of carboxylic acid groups (broad SMARTS) is 1. The number of carbonyl (C=O) groups excluding carboxylic acids is 2. The quantitative estimate of drug-likeness (QED) is 0.638. The minimum atomic E-state index is -1.17. The molecule has 0 aliphatic heterocycles. The molecule has 3 rings (SSSR count). The van der Waals surface area contributed by atoms with E-state index >= 15 is 0 Å². The molecule has 2 aromatic carbocycles. The highest BCUT2D eigenvalue weighted by Gasteiger charge is 2.19. The number of fused-ring (bicyclic) bond motifs is 3. The Morgan fingerprint density at radius 1 is 0.920 bits per heavy atom. The van der Waals surface area contributed by atoms with Crippen molar-refractivity contribution in [3.63, 3.8) is 0 Å². The van der Waals surface area contributed by atoms with Crippen LogP contribution in [0.4, 0.5) is 11.4 Å². The molecule has 0 heterocycles. The van der Waals surface area contributed by atoms with Crippen molar-refractivity contribution in [1.82, 2.24) is 0 Å². The Labute approximate surface area is 144 Å². The Balaban J connectivity index is 1.80. The summed E-state index contributed by atoms with van der Waals surface area (Å²) in [7, 11) is 0. The van der Waals surface area contributed by atoms with E-state index in [9.17, 15) is 14.4 Å². The van der Waals surface area contributed by atoms with Gasteiger partial charge in [0.1, 0.15) is 0 Å². The second-order valence-electron chi connectivity index (χ2n) is 5.76. The SMILES string of the molecule is CC(=O)Nc1ccc2c(c1)Cc1cc(NC(=O)/C=C/C(=O)O)ccc1-2. The predicted octanol–water partition coefficient (Wildman–Crippen LogP) is 2.80. The molecule has 2 amide bonds. The summed E-state index contributed by atoms with van der Waals surface area (Å²) in [6.07, 6.45) is 2.47. The van der Waals surface area contributed by atoms with E-state index in [0.29, 0.717) is 12.1 Å². The first-order valence-corrected chi connectivity index (χ1v) is 7.68. The van der Waals surface area contributed by atoms with Crippen LogP contribution in [0.15, 0.2) is 48.6 Å². The zero-order valence-corrected chi connectivity index (χ0v) is 13.5. The lowest BCUT2D eigenvalue weighted by molar-refractivity contribution is -0.131. The van der Waals surface area contributed by atoms with Gasteiger partial charge in [-0.25, -0.2) is 4.79 Å². The van der Waals surface area contributed by atoms with Crippen molar-refractivity contribution in [2.75, 3.05) is 10.6 Å². The highest BCUT2D eigenvalue weighted by molar-refractivity contribution is 6.02. The Morgan fingerprint density at radius 2 is 1.48 bits per heavy atom. The molecule has 0 saturated heterocycles. The number of rotatable bonds is 4. The smallest absolute Gasteiger partial charge is 0.328 e. The molecule has 0 saturated carbocycles. The van der Waals surface area contributed by atoms with Crippen LogP contribution in [0.5, 0.6) is 0 Å². The molecular formula is C19H16N2O4. The van der Waals surface area contributed by atoms with Gasteiger partial charge in [0.15, 0.2) is 0 Å². The van der Waals surface area contributed by atoms with E-state index in [4.69, 9.17) is 5.11 Å². The van der Waals surface area contributed by atoms with Crippen LogP contribution >= 0.6 is 0 Å². The van der Waals surface area contributed by atoms with Gasteiger partial charge in [-0.05, 0) is 52.9 Å². The lowest BCUT2D eigenvalue weighted by atomic mass is 10.0. The van der Waals surface area contributed by atoms with Gasteiger partial charge in [0, 0.05) is 30.5 Å². The van der Waals surface area contributed by atoms with E-state index in [1.165, 1.54) is 6.92 Å². The molecule has 1 aliphatic carbocycles. The van der Waals surface area contributed by atoms with Gasteiger partial charge >= 0.3 is 5.97 Å². The van der Waals surface area contributed by atoms with Crippen LogP contribution in [-0.2, 0) is 20.8 Å². The van der Waals surface area contributed by atoms with Gasteiger partial charge in [-0.3, -0.25) is 9.59 Å². The number of amides is 2. The van der Waals surface area contributed by atoms with Gasteiger partial charge in [-0.15, -0.1) is 0 Å². The molecule has 0 unspecified atom stereocenters. The van der Waals surface area contributed by atoms with E-state index in [0.717, 1.165) is 40.1 Å². The molecule has 0 spiro atoms. The normalized spacial score (nSPS) is 11.7. The molecule has 25 heavy (non-hydrogen) atoms. The van der Waals surface area contributed by atoms with Gasteiger partial charge in [0.05, 0.1) is 0 Å². The Bertz CT molecular complexity index is 916. The van der Waals surface area contributed by atoms with Crippen molar-refractivity contribution in [3.8, 4) is 11.1 Å². The zero-order chi connectivity index (χ0) is 18.0. The van der Waals surface area contributed by atoms with Gasteiger partial charge in [0.2, 0.25) is 11.8 Å². The lowest BCUT2D eigenvalue weighted by Gasteiger charge is -2.06. The van der Waals surface area contributed by atoms with Crippen molar-refractivity contribution in [1.29, 1.82) is 0 Å². The Hall–Kier alpha value is -3.41. The molecule has 0 atom stereocenters. The third kappa shape index (κ3) is 3.74. The van der Waals surface area contributed by atoms with Crippen LogP contribution in [0, 0.1) is 0 Å². The predicted molar refractivity (Wildman–Crippen MR) is 94.4 cm³/mol. The van der Waals surface area contributed by atoms with Crippen LogP contribution in [-0.4, -0.2) is 22.9 Å². The highest BCUT2D eigenvalue weighted by Crippen LogP contribution is 2.39. The fourth-order valence-electron chi connectivity index (χ4n) is 2.90. The van der Waals surface area contributed by atoms with E-state index in [1.807, 2.05) is 30.3 Å². The first kappa shape index (κ1) is 16.4. The Morgan fingerprint density at radius 3 is 2.00 bits per heavy atom. The summed E-state index contributed by atoms with van der Waals surface area (Å²) in [5, 5.41) is 14.0. The minimum Gasteiger partial charge on any atom is -0.478 e. The first-order chi connectivity index (χ1) is 11.9. The number of carboxylic acids is 1. The second kappa shape index (κ2) is 6.60. The number of aliphatic carboxylic acids is 1. The van der Waals surface area contributed by atoms with Crippen LogP contribution < -0.4 is 10.6 Å². The molecule has 0 bridgehead atoms. The van der Waals surface area contributed by atoms with Crippen molar-refractivity contribution in [2.24, 2.45) is 0 Å². The van der Waals surface area contributed by atoms with Gasteiger partial charge in [0.25, 0.3) is 0 Å². The molecule has 0 fully saturated rings. The summed E-state index contributed by atoms with van der Waals surface area (Å²) in [6, 6.07) is 11.4. The summed E-state index contributed by atoms with van der Waals surface area (Å²) in [6.45, 7) is 1.47. The second-order valence-corrected chi connectivity index (χ2v) is 5.76. The number of carbonyl (C=O) groups is 3. The molecule has 0 aromatic heterocycles. The first-order valence-electron chi connectivity index (χ1n) is 7.68. The molecule has 6 nitrogen and oxygen atoms in total. The molecular weight excluding hydrogens is 320 g/mol. The minimum absolute atomic E-state index is 0.116. The van der Waals surface area contributed by atoms with Crippen LogP contribution in [0.1, 0.15) is 18.1 Å². The fraction of sp³-hybridized carbons (Fsp3) is 0.105. The lowest BCUT2D eigenvalue weighted by Crippen LogP contribution is -2.08. The van der Waals surface area contributed by atoms with Gasteiger partial charge in [-0.2, -0.15) is 0 Å². The van der Waals surface area contributed by atoms with Crippen LogP contribution in [0.2, 0.25) is 0 Å². The van der Waals surface area contributed by atoms with E-state index in [2.05, 4.69) is 10.6 Å². The summed E-state index contributed by atoms with van der Waals surface area (Å²) in [5.41, 5.74) is 5.72. The van der Waals surface area contributed by atoms with Crippen molar-refractivity contribution in [3.05, 3.63) is 59.7 Å². The number of hydrogen-bond acceptors (Lipinski definition) is 3. The topological polar surface area (TPSA) is 95.5 Å². The third-order valence-corrected chi connectivity index (χ3v) is 3.85. The number of nitrogens with one attached hydrogen (secondary N) is 2. The summed E-state index contributed by atoms with van der Waals surface area (Å²) < 4.78 is 0. The number of hydrogen-bond donors (Lipinski definition) is 3.